The van der Waals surface area contributed by atoms with Crippen molar-refractivity contribution in [2.24, 2.45) is 5.73 Å². The van der Waals surface area contributed by atoms with Gasteiger partial charge >= 0.3 is 0 Å². The van der Waals surface area contributed by atoms with Gasteiger partial charge in [-0.2, -0.15) is 16.9 Å². The minimum absolute atomic E-state index is 0.0914. The van der Waals surface area contributed by atoms with Gasteiger partial charge in [0.25, 0.3) is 0 Å². The number of nitrogens with zero attached hydrogens (tertiary/aromatic N) is 2. The number of nitrogens with two attached hydrogens (primary N) is 1. The van der Waals surface area contributed by atoms with Crippen molar-refractivity contribution in [3.63, 3.8) is 0 Å². The van der Waals surface area contributed by atoms with Crippen LogP contribution in [0.25, 0.3) is 10.8 Å². The summed E-state index contributed by atoms with van der Waals surface area (Å²) in [7, 11) is -2.51. The summed E-state index contributed by atoms with van der Waals surface area (Å²) in [6.07, 6.45) is 0.234. The van der Waals surface area contributed by atoms with Gasteiger partial charge in [0.15, 0.2) is 0 Å². The Morgan fingerprint density at radius 3 is 2.38 bits per heavy atom. The molecular weight excluding hydrogens is 470 g/mol. The van der Waals surface area contributed by atoms with Crippen LogP contribution < -0.4 is 5.73 Å². The quantitative estimate of drug-likeness (QED) is 0.512. The van der Waals surface area contributed by atoms with Crippen molar-refractivity contribution in [2.45, 2.75) is 35.6 Å². The number of hydrogen-bond acceptors (Lipinski definition) is 5. The topological polar surface area (TPSA) is 101 Å². The van der Waals surface area contributed by atoms with Crippen LogP contribution in [0, 0.1) is 6.92 Å². The third-order valence-corrected chi connectivity index (χ3v) is 8.58. The Balaban J connectivity index is 1.69. The monoisotopic (exact) mass is 497 g/mol. The van der Waals surface area contributed by atoms with Crippen LogP contribution in [0.3, 0.4) is 0 Å². The number of likely N-dealkylation sites (N-methyl/N-ethyl adjacent to an activating group) is 1. The maximum absolute atomic E-state index is 13.6. The largest absolute Gasteiger partial charge is 0.368 e. The number of hydrogen-bond donors (Lipinski definition) is 2. The first kappa shape index (κ1) is 24.3. The Hall–Kier alpha value is -2.88. The molecule has 3 atom stereocenters. The molecule has 9 heteroatoms. The number of carbonyl (C=O) groups is 2. The number of aryl methyl sites for hydroxylation is 1. The number of sulfonamides is 1. The van der Waals surface area contributed by atoms with Gasteiger partial charge in [0.2, 0.25) is 21.8 Å². The zero-order chi connectivity index (χ0) is 24.6. The van der Waals surface area contributed by atoms with E-state index in [-0.39, 0.29) is 23.1 Å². The second-order valence-corrected chi connectivity index (χ2v) is 11.2. The van der Waals surface area contributed by atoms with Crippen molar-refractivity contribution in [1.29, 1.82) is 0 Å². The number of benzene rings is 3. The molecule has 2 N–H and O–H groups in total. The van der Waals surface area contributed by atoms with E-state index in [2.05, 4.69) is 12.6 Å². The molecule has 1 unspecified atom stereocenters. The molecule has 1 aliphatic heterocycles. The molecule has 0 aliphatic carbocycles. The SMILES string of the molecule is Cc1ccccc1C(C(N)=O)N(C)C(=O)[C@@H]1C[C@@H](S)CN1S(=O)(=O)c1ccc2ccccc2c1. The van der Waals surface area contributed by atoms with E-state index in [1.165, 1.54) is 16.3 Å². The van der Waals surface area contributed by atoms with Gasteiger partial charge in [-0.3, -0.25) is 9.59 Å². The van der Waals surface area contributed by atoms with Crippen molar-refractivity contribution in [3.8, 4) is 0 Å². The lowest BCUT2D eigenvalue weighted by Crippen LogP contribution is -2.49. The number of primary amides is 1. The minimum atomic E-state index is -3.99. The maximum atomic E-state index is 13.6. The van der Waals surface area contributed by atoms with Crippen LogP contribution in [-0.4, -0.2) is 54.3 Å². The Morgan fingerprint density at radius 2 is 1.71 bits per heavy atom. The van der Waals surface area contributed by atoms with Gasteiger partial charge < -0.3 is 10.6 Å². The van der Waals surface area contributed by atoms with Gasteiger partial charge in [-0.1, -0.05) is 54.6 Å². The van der Waals surface area contributed by atoms with E-state index in [9.17, 15) is 18.0 Å². The summed E-state index contributed by atoms with van der Waals surface area (Å²) in [4.78, 5) is 27.3. The van der Waals surface area contributed by atoms with Crippen LogP contribution in [0.5, 0.6) is 0 Å². The molecule has 3 aromatic carbocycles. The van der Waals surface area contributed by atoms with Crippen LogP contribution in [0.2, 0.25) is 0 Å². The molecule has 7 nitrogen and oxygen atoms in total. The second-order valence-electron chi connectivity index (χ2n) is 8.60. The lowest BCUT2D eigenvalue weighted by atomic mass is 9.99. The number of rotatable bonds is 6. The standard InChI is InChI=1S/C25H27N3O4S2/c1-16-7-3-6-10-21(16)23(24(26)29)27(2)25(30)22-14-19(33)15-28(22)34(31,32)20-12-11-17-8-4-5-9-18(17)13-20/h3-13,19,22-23,33H,14-15H2,1-2H3,(H2,26,29)/t19-,22+,23?/m1/s1. The zero-order valence-corrected chi connectivity index (χ0v) is 20.7. The van der Waals surface area contributed by atoms with Gasteiger partial charge in [-0.05, 0) is 47.4 Å². The van der Waals surface area contributed by atoms with Crippen molar-refractivity contribution >= 4 is 45.2 Å². The minimum Gasteiger partial charge on any atom is -0.368 e. The molecule has 2 amide bonds. The van der Waals surface area contributed by atoms with Gasteiger partial charge in [0, 0.05) is 18.8 Å². The summed E-state index contributed by atoms with van der Waals surface area (Å²) in [5.74, 6) is -1.18. The predicted octanol–water partition coefficient (Wildman–Crippen LogP) is 2.89. The third-order valence-electron chi connectivity index (χ3n) is 6.33. The molecule has 34 heavy (non-hydrogen) atoms. The van der Waals surface area contributed by atoms with Gasteiger partial charge in [-0.25, -0.2) is 8.42 Å². The molecule has 1 fully saturated rings. The number of thiol groups is 1. The van der Waals surface area contributed by atoms with Crippen LogP contribution in [-0.2, 0) is 19.6 Å². The van der Waals surface area contributed by atoms with E-state index in [4.69, 9.17) is 5.73 Å². The molecule has 0 bridgehead atoms. The molecule has 178 valence electrons. The maximum Gasteiger partial charge on any atom is 0.244 e. The summed E-state index contributed by atoms with van der Waals surface area (Å²) in [6, 6.07) is 17.6. The molecule has 1 heterocycles. The van der Waals surface area contributed by atoms with E-state index in [1.54, 1.807) is 30.3 Å². The fourth-order valence-corrected chi connectivity index (χ4v) is 6.71. The third kappa shape index (κ3) is 4.43. The first-order valence-electron chi connectivity index (χ1n) is 10.9. The van der Waals surface area contributed by atoms with Gasteiger partial charge in [0.05, 0.1) is 4.90 Å². The summed E-state index contributed by atoms with van der Waals surface area (Å²) >= 11 is 4.49. The fourth-order valence-electron chi connectivity index (χ4n) is 4.55. The molecule has 0 aromatic heterocycles. The van der Waals surface area contributed by atoms with Crippen molar-refractivity contribution in [3.05, 3.63) is 77.9 Å². The average molecular weight is 498 g/mol. The first-order chi connectivity index (χ1) is 16.1. The first-order valence-corrected chi connectivity index (χ1v) is 12.9. The van der Waals surface area contributed by atoms with Crippen molar-refractivity contribution in [1.82, 2.24) is 9.21 Å². The number of amides is 2. The van der Waals surface area contributed by atoms with Gasteiger partial charge in [0.1, 0.15) is 12.1 Å². The highest BCUT2D eigenvalue weighted by atomic mass is 32.2. The molecule has 0 radical (unpaired) electrons. The fraction of sp³-hybridized carbons (Fsp3) is 0.280. The van der Waals surface area contributed by atoms with E-state index < -0.39 is 33.9 Å². The highest BCUT2D eigenvalue weighted by molar-refractivity contribution is 7.89. The second kappa shape index (κ2) is 9.40. The van der Waals surface area contributed by atoms with E-state index in [1.807, 2.05) is 43.3 Å². The smallest absolute Gasteiger partial charge is 0.244 e. The summed E-state index contributed by atoms with van der Waals surface area (Å²) in [5.41, 5.74) is 7.10. The van der Waals surface area contributed by atoms with Crippen molar-refractivity contribution < 1.29 is 18.0 Å². The zero-order valence-electron chi connectivity index (χ0n) is 19.0. The molecule has 3 aromatic rings. The van der Waals surface area contributed by atoms with Gasteiger partial charge in [-0.15, -0.1) is 0 Å². The highest BCUT2D eigenvalue weighted by Gasteiger charge is 2.45. The van der Waals surface area contributed by atoms with Crippen LogP contribution in [0.1, 0.15) is 23.6 Å². The Bertz CT molecular complexity index is 1360. The molecular formula is C25H27N3O4S2. The van der Waals surface area contributed by atoms with Crippen LogP contribution >= 0.6 is 12.6 Å². The molecule has 4 rings (SSSR count). The normalized spacial score (nSPS) is 19.7. The number of carbonyl (C=O) groups excluding carboxylic acids is 2. The lowest BCUT2D eigenvalue weighted by molar-refractivity contribution is -0.140. The van der Waals surface area contributed by atoms with E-state index in [0.29, 0.717) is 5.56 Å². The molecule has 1 saturated heterocycles. The Labute approximate surface area is 205 Å². The van der Waals surface area contributed by atoms with Crippen LogP contribution in [0.15, 0.2) is 71.6 Å². The van der Waals surface area contributed by atoms with Crippen molar-refractivity contribution in [2.75, 3.05) is 13.6 Å². The molecule has 0 spiro atoms. The molecule has 1 aliphatic rings. The highest BCUT2D eigenvalue weighted by Crippen LogP contribution is 2.33. The lowest BCUT2D eigenvalue weighted by Gasteiger charge is -2.32. The van der Waals surface area contributed by atoms with Crippen LogP contribution in [0.4, 0.5) is 0 Å². The Morgan fingerprint density at radius 1 is 1.06 bits per heavy atom. The molecule has 0 saturated carbocycles. The van der Waals surface area contributed by atoms with E-state index in [0.717, 1.165) is 16.3 Å². The Kier molecular flexibility index (Phi) is 6.71. The summed E-state index contributed by atoms with van der Waals surface area (Å²) < 4.78 is 28.4. The number of fused-ring (bicyclic) bond motifs is 1. The summed E-state index contributed by atoms with van der Waals surface area (Å²) in [5, 5.41) is 1.39. The average Bonchev–Trinajstić information content (AvgIpc) is 3.22. The van der Waals surface area contributed by atoms with E-state index >= 15 is 0 Å². The predicted molar refractivity (Wildman–Crippen MR) is 135 cm³/mol. The summed E-state index contributed by atoms with van der Waals surface area (Å²) in [6.45, 7) is 1.92.